The molecule has 2 aliphatic rings. The topological polar surface area (TPSA) is 58.2 Å². The fourth-order valence-corrected chi connectivity index (χ4v) is 4.85. The Morgan fingerprint density at radius 1 is 0.750 bits per heavy atom. The van der Waals surface area contributed by atoms with Crippen LogP contribution in [0.1, 0.15) is 66.2 Å². The van der Waals surface area contributed by atoms with Crippen molar-refractivity contribution in [3.63, 3.8) is 0 Å². The van der Waals surface area contributed by atoms with Crippen molar-refractivity contribution in [3.05, 3.63) is 36.4 Å². The van der Waals surface area contributed by atoms with Gasteiger partial charge in [0.1, 0.15) is 0 Å². The molecule has 0 aromatic heterocycles. The molecule has 0 bridgehead atoms. The summed E-state index contributed by atoms with van der Waals surface area (Å²) in [5, 5.41) is 8.28. The smallest absolute Gasteiger partial charge is 0.227 e. The number of hydrogen-bond acceptors (Lipinski definition) is 2. The zero-order chi connectivity index (χ0) is 22.8. The number of hydrogen-bond donors (Lipinski definition) is 2. The van der Waals surface area contributed by atoms with E-state index in [2.05, 4.69) is 38.3 Å². The molecule has 0 unspecified atom stereocenters. The third-order valence-corrected chi connectivity index (χ3v) is 7.19. The fourth-order valence-electron chi connectivity index (χ4n) is 4.85. The molecule has 2 N–H and O–H groups in total. The lowest BCUT2D eigenvalue weighted by atomic mass is 10.0. The summed E-state index contributed by atoms with van der Waals surface area (Å²) < 4.78 is 0. The van der Waals surface area contributed by atoms with Gasteiger partial charge in [-0.3, -0.25) is 9.59 Å². The first-order valence-electron chi connectivity index (χ1n) is 12.5. The maximum absolute atomic E-state index is 12.8. The molecule has 4 rings (SSSR count). The van der Waals surface area contributed by atoms with Crippen LogP contribution in [0.25, 0.3) is 10.8 Å². The number of carbonyl (C=O) groups is 2. The Hall–Kier alpha value is -2.36. The zero-order valence-electron chi connectivity index (χ0n) is 20.0. The van der Waals surface area contributed by atoms with Gasteiger partial charge in [-0.25, -0.2) is 0 Å². The number of amides is 2. The van der Waals surface area contributed by atoms with Crippen molar-refractivity contribution < 1.29 is 9.59 Å². The second-order valence-electron chi connectivity index (χ2n) is 10.8. The van der Waals surface area contributed by atoms with Crippen LogP contribution in [0, 0.1) is 35.5 Å². The molecule has 2 saturated carbocycles. The van der Waals surface area contributed by atoms with Crippen LogP contribution in [-0.2, 0) is 9.59 Å². The SMILES string of the molecule is CC(C)CC[C@H]1C[C@H]1C(=O)Nc1cccc2c(NC(=O)[C@@H]3C[C@@H]3CCC(C)C)cccc12. The number of nitrogens with one attached hydrogen (secondary N) is 2. The van der Waals surface area contributed by atoms with Crippen molar-refractivity contribution in [2.45, 2.75) is 66.2 Å². The minimum Gasteiger partial charge on any atom is -0.325 e. The van der Waals surface area contributed by atoms with Crippen LogP contribution in [0.3, 0.4) is 0 Å². The van der Waals surface area contributed by atoms with E-state index in [-0.39, 0.29) is 23.7 Å². The molecule has 2 aromatic carbocycles. The van der Waals surface area contributed by atoms with Crippen molar-refractivity contribution in [3.8, 4) is 0 Å². The first-order valence-corrected chi connectivity index (χ1v) is 12.5. The van der Waals surface area contributed by atoms with Crippen LogP contribution in [0.15, 0.2) is 36.4 Å². The maximum Gasteiger partial charge on any atom is 0.227 e. The molecule has 4 nitrogen and oxygen atoms in total. The van der Waals surface area contributed by atoms with Gasteiger partial charge in [-0.05, 0) is 61.5 Å². The highest BCUT2D eigenvalue weighted by Crippen LogP contribution is 2.45. The highest BCUT2D eigenvalue weighted by molar-refractivity contribution is 6.10. The Bertz CT molecular complexity index is 901. The molecule has 4 atom stereocenters. The normalized spacial score (nSPS) is 24.1. The van der Waals surface area contributed by atoms with Crippen LogP contribution in [0.2, 0.25) is 0 Å². The van der Waals surface area contributed by atoms with Gasteiger partial charge in [0.2, 0.25) is 11.8 Å². The van der Waals surface area contributed by atoms with Crippen molar-refractivity contribution in [1.82, 2.24) is 0 Å². The first-order chi connectivity index (χ1) is 15.3. The summed E-state index contributed by atoms with van der Waals surface area (Å²) in [7, 11) is 0. The monoisotopic (exact) mass is 434 g/mol. The molecule has 32 heavy (non-hydrogen) atoms. The molecule has 2 aromatic rings. The van der Waals surface area contributed by atoms with Gasteiger partial charge >= 0.3 is 0 Å². The Morgan fingerprint density at radius 3 is 1.53 bits per heavy atom. The van der Waals surface area contributed by atoms with E-state index in [0.717, 1.165) is 47.8 Å². The second kappa shape index (κ2) is 9.64. The van der Waals surface area contributed by atoms with E-state index in [1.807, 2.05) is 36.4 Å². The molecule has 0 aliphatic heterocycles. The minimum atomic E-state index is 0.131. The molecule has 0 spiro atoms. The largest absolute Gasteiger partial charge is 0.325 e. The van der Waals surface area contributed by atoms with Crippen LogP contribution >= 0.6 is 0 Å². The van der Waals surface area contributed by atoms with Crippen molar-refractivity contribution in [1.29, 1.82) is 0 Å². The summed E-state index contributed by atoms with van der Waals surface area (Å²) in [6.07, 6.45) is 6.66. The van der Waals surface area contributed by atoms with Crippen LogP contribution in [-0.4, -0.2) is 11.8 Å². The molecule has 172 valence electrons. The van der Waals surface area contributed by atoms with Crippen LogP contribution in [0.5, 0.6) is 0 Å². The third-order valence-electron chi connectivity index (χ3n) is 7.19. The fraction of sp³-hybridized carbons (Fsp3) is 0.571. The summed E-state index contributed by atoms with van der Waals surface area (Å²) in [5.74, 6) is 2.99. The van der Waals surface area contributed by atoms with E-state index in [1.165, 1.54) is 12.8 Å². The van der Waals surface area contributed by atoms with E-state index >= 15 is 0 Å². The van der Waals surface area contributed by atoms with E-state index < -0.39 is 0 Å². The summed E-state index contributed by atoms with van der Waals surface area (Å²) in [6, 6.07) is 11.9. The average Bonchev–Trinajstić information content (AvgIpc) is 3.66. The minimum absolute atomic E-state index is 0.131. The highest BCUT2D eigenvalue weighted by atomic mass is 16.2. The number of benzene rings is 2. The van der Waals surface area contributed by atoms with Gasteiger partial charge in [0.15, 0.2) is 0 Å². The first kappa shape index (κ1) is 22.8. The summed E-state index contributed by atoms with van der Waals surface area (Å²) in [6.45, 7) is 8.94. The van der Waals surface area contributed by atoms with E-state index in [1.54, 1.807) is 0 Å². The summed E-state index contributed by atoms with van der Waals surface area (Å²) in [4.78, 5) is 25.6. The molecular weight excluding hydrogens is 396 g/mol. The Balaban J connectivity index is 1.40. The maximum atomic E-state index is 12.8. The van der Waals surface area contributed by atoms with Gasteiger partial charge in [-0.15, -0.1) is 0 Å². The lowest BCUT2D eigenvalue weighted by Gasteiger charge is -2.13. The Kier molecular flexibility index (Phi) is 6.88. The summed E-state index contributed by atoms with van der Waals surface area (Å²) in [5.41, 5.74) is 1.67. The van der Waals surface area contributed by atoms with E-state index in [0.29, 0.717) is 23.7 Å². The number of anilines is 2. The molecule has 4 heteroatoms. The van der Waals surface area contributed by atoms with Crippen molar-refractivity contribution in [2.24, 2.45) is 35.5 Å². The molecule has 2 amide bonds. The molecule has 2 fully saturated rings. The quantitative estimate of drug-likeness (QED) is 0.429. The molecule has 0 heterocycles. The lowest BCUT2D eigenvalue weighted by molar-refractivity contribution is -0.118. The predicted molar refractivity (Wildman–Crippen MR) is 133 cm³/mol. The lowest BCUT2D eigenvalue weighted by Crippen LogP contribution is -2.16. The third kappa shape index (κ3) is 5.51. The average molecular weight is 435 g/mol. The Labute approximate surface area is 192 Å². The predicted octanol–water partition coefficient (Wildman–Crippen LogP) is 6.86. The molecule has 0 saturated heterocycles. The Morgan fingerprint density at radius 2 is 1.16 bits per heavy atom. The number of rotatable bonds is 10. The summed E-state index contributed by atoms with van der Waals surface area (Å²) >= 11 is 0. The van der Waals surface area contributed by atoms with E-state index in [4.69, 9.17) is 0 Å². The molecular formula is C28H38N2O2. The van der Waals surface area contributed by atoms with E-state index in [9.17, 15) is 9.59 Å². The molecule has 0 radical (unpaired) electrons. The van der Waals surface area contributed by atoms with Gasteiger partial charge < -0.3 is 10.6 Å². The van der Waals surface area contributed by atoms with Gasteiger partial charge in [0.05, 0.1) is 0 Å². The van der Waals surface area contributed by atoms with Crippen molar-refractivity contribution >= 4 is 34.0 Å². The van der Waals surface area contributed by atoms with Gasteiger partial charge in [-0.2, -0.15) is 0 Å². The van der Waals surface area contributed by atoms with Crippen LogP contribution < -0.4 is 10.6 Å². The van der Waals surface area contributed by atoms with Gasteiger partial charge in [-0.1, -0.05) is 64.8 Å². The molecule has 2 aliphatic carbocycles. The number of carbonyl (C=O) groups excluding carboxylic acids is 2. The second-order valence-corrected chi connectivity index (χ2v) is 10.8. The van der Waals surface area contributed by atoms with Crippen molar-refractivity contribution in [2.75, 3.05) is 10.6 Å². The van der Waals surface area contributed by atoms with Gasteiger partial charge in [0, 0.05) is 34.0 Å². The number of fused-ring (bicyclic) bond motifs is 1. The standard InChI is InChI=1S/C28H38N2O2/c1-17(2)11-13-19-15-23(19)27(31)29-25-9-5-8-22-21(25)7-6-10-26(22)30-28(32)24-16-20(24)14-12-18(3)4/h5-10,17-20,23-24H,11-16H2,1-4H3,(H,29,31)(H,30,32)/t19-,20-,23+,24+/m0/s1. The highest BCUT2D eigenvalue weighted by Gasteiger charge is 2.43. The van der Waals surface area contributed by atoms with Crippen LogP contribution in [0.4, 0.5) is 11.4 Å². The van der Waals surface area contributed by atoms with Gasteiger partial charge in [0.25, 0.3) is 0 Å². The zero-order valence-corrected chi connectivity index (χ0v) is 20.0.